The second-order valence-corrected chi connectivity index (χ2v) is 11.6. The van der Waals surface area contributed by atoms with Crippen LogP contribution in [0.3, 0.4) is 0 Å². The Morgan fingerprint density at radius 3 is 1.93 bits per heavy atom. The molecule has 45 heavy (non-hydrogen) atoms. The zero-order valence-electron chi connectivity index (χ0n) is 26.9. The van der Waals surface area contributed by atoms with Gasteiger partial charge in [-0.25, -0.2) is 0 Å². The molecule has 0 heteroatoms. The average Bonchev–Trinajstić information content (AvgIpc) is 3.09. The SMILES string of the molecule is C=C(/C=C\c1ccc2ccccc2c1C)c1ccc(C(C)c2ccc(/C(C)=C/C=C(/C=C\C)C(=C)c3ccccc3)cc2)cc1. The van der Waals surface area contributed by atoms with E-state index in [9.17, 15) is 0 Å². The first-order chi connectivity index (χ1) is 21.9. The molecule has 0 aliphatic carbocycles. The third-order valence-electron chi connectivity index (χ3n) is 8.68. The standard InChI is InChI=1S/C45H42/c1-7-13-39(34(4)40-14-9-8-10-15-40)20-18-32(2)37-22-26-41(27-23-37)35(5)42-28-24-38(25-29-42)33(3)19-21-43-30-31-44-16-11-12-17-45(44)36(43)6/h7-31,35H,3-4H2,1-2,5-6H3/b13-7-,21-19-,32-18+,39-20-. The summed E-state index contributed by atoms with van der Waals surface area (Å²) in [5.74, 6) is 0.289. The highest BCUT2D eigenvalue weighted by Crippen LogP contribution is 2.29. The van der Waals surface area contributed by atoms with E-state index in [-0.39, 0.29) is 5.92 Å². The summed E-state index contributed by atoms with van der Waals surface area (Å²) >= 11 is 0. The third-order valence-corrected chi connectivity index (χ3v) is 8.68. The minimum Gasteiger partial charge on any atom is -0.0912 e. The zero-order valence-corrected chi connectivity index (χ0v) is 26.9. The van der Waals surface area contributed by atoms with Crippen molar-refractivity contribution in [1.29, 1.82) is 0 Å². The lowest BCUT2D eigenvalue weighted by atomic mass is 9.90. The van der Waals surface area contributed by atoms with Crippen molar-refractivity contribution in [3.8, 4) is 0 Å². The smallest absolute Gasteiger partial charge is 0.00610 e. The Morgan fingerprint density at radius 2 is 1.27 bits per heavy atom. The fourth-order valence-corrected chi connectivity index (χ4v) is 5.68. The molecule has 0 spiro atoms. The van der Waals surface area contributed by atoms with E-state index in [4.69, 9.17) is 0 Å². The second kappa shape index (κ2) is 14.5. The fraction of sp³-hybridized carbons (Fsp3) is 0.111. The largest absolute Gasteiger partial charge is 0.0912 e. The van der Waals surface area contributed by atoms with Crippen LogP contribution in [0.4, 0.5) is 0 Å². The lowest BCUT2D eigenvalue weighted by Gasteiger charge is -2.14. The van der Waals surface area contributed by atoms with Gasteiger partial charge in [0.2, 0.25) is 0 Å². The number of rotatable bonds is 10. The van der Waals surface area contributed by atoms with Gasteiger partial charge < -0.3 is 0 Å². The van der Waals surface area contributed by atoms with Gasteiger partial charge in [0, 0.05) is 5.92 Å². The van der Waals surface area contributed by atoms with Crippen molar-refractivity contribution in [1.82, 2.24) is 0 Å². The minimum atomic E-state index is 0.289. The monoisotopic (exact) mass is 582 g/mol. The van der Waals surface area contributed by atoms with Gasteiger partial charge in [-0.05, 0) is 92.8 Å². The number of hydrogen-bond donors (Lipinski definition) is 0. The Hall–Kier alpha value is -5.20. The van der Waals surface area contributed by atoms with E-state index in [1.54, 1.807) is 0 Å². The van der Waals surface area contributed by atoms with Gasteiger partial charge in [0.25, 0.3) is 0 Å². The molecule has 0 nitrogen and oxygen atoms in total. The Kier molecular flexibility index (Phi) is 10.1. The molecule has 0 fully saturated rings. The quantitative estimate of drug-likeness (QED) is 0.144. The molecule has 222 valence electrons. The van der Waals surface area contributed by atoms with Crippen LogP contribution in [0.1, 0.15) is 65.6 Å². The number of allylic oxidation sites excluding steroid dienone is 9. The summed E-state index contributed by atoms with van der Waals surface area (Å²) in [4.78, 5) is 0. The van der Waals surface area contributed by atoms with Gasteiger partial charge in [0.1, 0.15) is 0 Å². The van der Waals surface area contributed by atoms with Crippen molar-refractivity contribution < 1.29 is 0 Å². The molecule has 0 heterocycles. The molecule has 5 aromatic rings. The molecule has 1 atom stereocenters. The Bertz CT molecular complexity index is 1920. The fourth-order valence-electron chi connectivity index (χ4n) is 5.68. The number of aryl methyl sites for hydroxylation is 1. The van der Waals surface area contributed by atoms with Crippen LogP contribution in [-0.2, 0) is 0 Å². The van der Waals surface area contributed by atoms with Gasteiger partial charge in [-0.15, -0.1) is 0 Å². The van der Waals surface area contributed by atoms with Crippen LogP contribution in [0.15, 0.2) is 164 Å². The Morgan fingerprint density at radius 1 is 0.644 bits per heavy atom. The van der Waals surface area contributed by atoms with Gasteiger partial charge in [0.15, 0.2) is 0 Å². The van der Waals surface area contributed by atoms with Gasteiger partial charge >= 0.3 is 0 Å². The Balaban J connectivity index is 1.25. The summed E-state index contributed by atoms with van der Waals surface area (Å²) in [5.41, 5.74) is 12.9. The summed E-state index contributed by atoms with van der Waals surface area (Å²) in [6.45, 7) is 17.4. The molecule has 0 aliphatic rings. The van der Waals surface area contributed by atoms with Crippen LogP contribution in [0.25, 0.3) is 33.6 Å². The normalized spacial score (nSPS) is 13.1. The van der Waals surface area contributed by atoms with Crippen LogP contribution >= 0.6 is 0 Å². The van der Waals surface area contributed by atoms with Crippen LogP contribution in [0, 0.1) is 6.92 Å². The highest BCUT2D eigenvalue weighted by atomic mass is 14.1. The first kappa shape index (κ1) is 31.2. The summed E-state index contributed by atoms with van der Waals surface area (Å²) in [7, 11) is 0. The van der Waals surface area contributed by atoms with E-state index in [0.717, 1.165) is 27.8 Å². The van der Waals surface area contributed by atoms with Gasteiger partial charge in [0.05, 0.1) is 0 Å². The number of hydrogen-bond acceptors (Lipinski definition) is 0. The van der Waals surface area contributed by atoms with E-state index in [1.807, 2.05) is 13.0 Å². The van der Waals surface area contributed by atoms with Gasteiger partial charge in [-0.2, -0.15) is 0 Å². The molecule has 0 aromatic heterocycles. The lowest BCUT2D eigenvalue weighted by molar-refractivity contribution is 0.922. The summed E-state index contributed by atoms with van der Waals surface area (Å²) in [5, 5.41) is 2.57. The molecule has 5 aromatic carbocycles. The lowest BCUT2D eigenvalue weighted by Crippen LogP contribution is -1.96. The molecule has 0 bridgehead atoms. The molecule has 0 amide bonds. The number of fused-ring (bicyclic) bond motifs is 1. The van der Waals surface area contributed by atoms with Crippen molar-refractivity contribution in [2.75, 3.05) is 0 Å². The predicted octanol–water partition coefficient (Wildman–Crippen LogP) is 12.6. The maximum Gasteiger partial charge on any atom is 0.00610 e. The van der Waals surface area contributed by atoms with Crippen LogP contribution < -0.4 is 0 Å². The third kappa shape index (κ3) is 7.48. The van der Waals surface area contributed by atoms with E-state index >= 15 is 0 Å². The molecular formula is C45H42. The first-order valence-electron chi connectivity index (χ1n) is 15.7. The second-order valence-electron chi connectivity index (χ2n) is 11.6. The maximum absolute atomic E-state index is 4.35. The van der Waals surface area contributed by atoms with Crippen molar-refractivity contribution in [2.45, 2.75) is 33.6 Å². The average molecular weight is 583 g/mol. The first-order valence-corrected chi connectivity index (χ1v) is 15.7. The molecule has 0 saturated carbocycles. The number of benzene rings is 5. The molecule has 1 unspecified atom stereocenters. The van der Waals surface area contributed by atoms with Crippen molar-refractivity contribution in [2.24, 2.45) is 0 Å². The highest BCUT2D eigenvalue weighted by Gasteiger charge is 2.10. The minimum absolute atomic E-state index is 0.289. The predicted molar refractivity (Wildman–Crippen MR) is 199 cm³/mol. The van der Waals surface area contributed by atoms with Crippen LogP contribution in [0.5, 0.6) is 0 Å². The summed E-state index contributed by atoms with van der Waals surface area (Å²) in [6.07, 6.45) is 12.8. The molecule has 0 radical (unpaired) electrons. The summed E-state index contributed by atoms with van der Waals surface area (Å²) < 4.78 is 0. The van der Waals surface area contributed by atoms with Crippen molar-refractivity contribution >= 4 is 33.6 Å². The molecular weight excluding hydrogens is 540 g/mol. The van der Waals surface area contributed by atoms with E-state index in [2.05, 4.69) is 180 Å². The zero-order chi connectivity index (χ0) is 31.8. The highest BCUT2D eigenvalue weighted by molar-refractivity contribution is 5.89. The van der Waals surface area contributed by atoms with Crippen LogP contribution in [0.2, 0.25) is 0 Å². The van der Waals surface area contributed by atoms with Crippen molar-refractivity contribution in [3.05, 3.63) is 203 Å². The van der Waals surface area contributed by atoms with Crippen LogP contribution in [-0.4, -0.2) is 0 Å². The van der Waals surface area contributed by atoms with Crippen molar-refractivity contribution in [3.63, 3.8) is 0 Å². The maximum atomic E-state index is 4.35. The van der Waals surface area contributed by atoms with Gasteiger partial charge in [-0.1, -0.05) is 172 Å². The molecule has 0 N–H and O–H groups in total. The molecule has 0 aliphatic heterocycles. The molecule has 5 rings (SSSR count). The van der Waals surface area contributed by atoms with E-state index in [0.29, 0.717) is 0 Å². The van der Waals surface area contributed by atoms with E-state index in [1.165, 1.54) is 44.2 Å². The topological polar surface area (TPSA) is 0 Å². The summed E-state index contributed by atoms with van der Waals surface area (Å²) in [6, 6.07) is 41.0. The Labute approximate surface area is 269 Å². The molecule has 0 saturated heterocycles. The van der Waals surface area contributed by atoms with Gasteiger partial charge in [-0.3, -0.25) is 0 Å². The van der Waals surface area contributed by atoms with E-state index < -0.39 is 0 Å².